The van der Waals surface area contributed by atoms with Crippen LogP contribution in [0.4, 0.5) is 0 Å². The average Bonchev–Trinajstić information content (AvgIpc) is 2.72. The highest BCUT2D eigenvalue weighted by Gasteiger charge is 2.24. The molecule has 31 heavy (non-hydrogen) atoms. The minimum atomic E-state index is -0.109. The first-order chi connectivity index (χ1) is 13.9. The van der Waals surface area contributed by atoms with E-state index in [9.17, 15) is 4.79 Å². The number of carbonyl (C=O) groups excluding carboxylic acids is 1. The van der Waals surface area contributed by atoms with Gasteiger partial charge in [0.15, 0.2) is 0 Å². The maximum Gasteiger partial charge on any atom is 0.270 e. The van der Waals surface area contributed by atoms with E-state index in [1.54, 1.807) is 12.3 Å². The molecule has 3 rings (SSSR count). The van der Waals surface area contributed by atoms with Gasteiger partial charge in [-0.3, -0.25) is 19.6 Å². The van der Waals surface area contributed by atoms with Crippen molar-refractivity contribution < 1.29 is 4.79 Å². The Kier molecular flexibility index (Phi) is 12.1. The fraction of sp³-hybridized carbons (Fsp3) is 0.455. The third kappa shape index (κ3) is 8.41. The molecule has 1 N–H and O–H groups in total. The number of amides is 1. The molecule has 1 saturated heterocycles. The van der Waals surface area contributed by atoms with Crippen LogP contribution in [-0.4, -0.2) is 59.5 Å². The zero-order valence-corrected chi connectivity index (χ0v) is 20.9. The molecule has 5 nitrogen and oxygen atoms in total. The summed E-state index contributed by atoms with van der Waals surface area (Å²) in [5, 5.41) is 4.35. The molecular weight excluding hydrogens is 478 g/mol. The summed E-state index contributed by atoms with van der Waals surface area (Å²) >= 11 is 12.1. The minimum Gasteiger partial charge on any atom is -0.346 e. The van der Waals surface area contributed by atoms with Crippen LogP contribution in [0.2, 0.25) is 10.0 Å². The minimum absolute atomic E-state index is 0. The van der Waals surface area contributed by atoms with Gasteiger partial charge in [0.1, 0.15) is 5.69 Å². The Morgan fingerprint density at radius 1 is 1.03 bits per heavy atom. The second-order valence-electron chi connectivity index (χ2n) is 7.86. The second-order valence-corrected chi connectivity index (χ2v) is 8.68. The molecule has 0 saturated carbocycles. The number of pyridine rings is 1. The monoisotopic (exact) mass is 506 g/mol. The Morgan fingerprint density at radius 3 is 2.29 bits per heavy atom. The van der Waals surface area contributed by atoms with Crippen LogP contribution < -0.4 is 5.32 Å². The number of nitrogens with one attached hydrogen (secondary N) is 1. The van der Waals surface area contributed by atoms with Crippen LogP contribution >= 0.6 is 48.0 Å². The zero-order chi connectivity index (χ0) is 20.8. The first-order valence-electron chi connectivity index (χ1n) is 10.0. The summed E-state index contributed by atoms with van der Waals surface area (Å²) < 4.78 is 0. The second kappa shape index (κ2) is 13.5. The van der Waals surface area contributed by atoms with Gasteiger partial charge in [-0.05, 0) is 35.7 Å². The standard InChI is InChI=1S/C22H28Cl2N4O.2ClH/c1-16(2)21(26-22(29)20-5-3-4-8-25-20)15-28-11-9-27(10-12-28)14-17-6-7-18(23)19(24)13-17;;/h3-8,13,16,21H,9-12,14-15H2,1-2H3,(H,26,29);2*1H. The van der Waals surface area contributed by atoms with E-state index in [-0.39, 0.29) is 36.8 Å². The van der Waals surface area contributed by atoms with Crippen molar-refractivity contribution in [2.24, 2.45) is 5.92 Å². The molecule has 2 heterocycles. The quantitative estimate of drug-likeness (QED) is 0.584. The van der Waals surface area contributed by atoms with E-state index in [4.69, 9.17) is 23.2 Å². The fourth-order valence-corrected chi connectivity index (χ4v) is 3.79. The molecule has 1 atom stereocenters. The number of hydrogen-bond donors (Lipinski definition) is 1. The Morgan fingerprint density at radius 2 is 1.71 bits per heavy atom. The molecule has 0 radical (unpaired) electrons. The van der Waals surface area contributed by atoms with Crippen molar-refractivity contribution in [1.82, 2.24) is 20.1 Å². The maximum atomic E-state index is 12.5. The summed E-state index contributed by atoms with van der Waals surface area (Å²) in [4.78, 5) is 21.5. The molecule has 0 aliphatic carbocycles. The third-order valence-electron chi connectivity index (χ3n) is 5.33. The summed E-state index contributed by atoms with van der Waals surface area (Å²) in [6.45, 7) is 9.92. The van der Waals surface area contributed by atoms with Crippen LogP contribution in [0.3, 0.4) is 0 Å². The molecule has 0 spiro atoms. The summed E-state index contributed by atoms with van der Waals surface area (Å²) in [6, 6.07) is 11.3. The largest absolute Gasteiger partial charge is 0.346 e. The highest BCUT2D eigenvalue weighted by atomic mass is 35.5. The van der Waals surface area contributed by atoms with Crippen molar-refractivity contribution in [3.8, 4) is 0 Å². The van der Waals surface area contributed by atoms with Crippen molar-refractivity contribution in [2.75, 3.05) is 32.7 Å². The molecule has 0 bridgehead atoms. The number of hydrogen-bond acceptors (Lipinski definition) is 4. The summed E-state index contributed by atoms with van der Waals surface area (Å²) in [7, 11) is 0. The van der Waals surface area contributed by atoms with Gasteiger partial charge < -0.3 is 5.32 Å². The van der Waals surface area contributed by atoms with Gasteiger partial charge >= 0.3 is 0 Å². The molecule has 1 fully saturated rings. The lowest BCUT2D eigenvalue weighted by atomic mass is 10.0. The number of benzene rings is 1. The molecule has 1 aliphatic rings. The third-order valence-corrected chi connectivity index (χ3v) is 6.07. The maximum absolute atomic E-state index is 12.5. The Labute approximate surface area is 207 Å². The van der Waals surface area contributed by atoms with E-state index in [1.165, 1.54) is 5.56 Å². The van der Waals surface area contributed by atoms with Crippen LogP contribution in [0.25, 0.3) is 0 Å². The molecular formula is C22H30Cl4N4O. The van der Waals surface area contributed by atoms with Crippen LogP contribution in [0, 0.1) is 5.92 Å². The Hall–Kier alpha value is -1.08. The van der Waals surface area contributed by atoms with Gasteiger partial charge in [0.25, 0.3) is 5.91 Å². The summed E-state index contributed by atoms with van der Waals surface area (Å²) in [5.41, 5.74) is 1.64. The summed E-state index contributed by atoms with van der Waals surface area (Å²) in [5.74, 6) is 0.236. The molecule has 1 aliphatic heterocycles. The van der Waals surface area contributed by atoms with Crippen LogP contribution in [0.5, 0.6) is 0 Å². The Balaban J connectivity index is 0.00000240. The highest BCUT2D eigenvalue weighted by molar-refractivity contribution is 6.42. The lowest BCUT2D eigenvalue weighted by molar-refractivity contribution is 0.0857. The number of nitrogens with zero attached hydrogens (tertiary/aromatic N) is 3. The smallest absolute Gasteiger partial charge is 0.270 e. The topological polar surface area (TPSA) is 48.5 Å². The number of carbonyl (C=O) groups is 1. The lowest BCUT2D eigenvalue weighted by Gasteiger charge is -2.37. The van der Waals surface area contributed by atoms with Gasteiger partial charge in [-0.25, -0.2) is 0 Å². The number of aromatic nitrogens is 1. The SMILES string of the molecule is CC(C)C(CN1CCN(Cc2ccc(Cl)c(Cl)c2)CC1)NC(=O)c1ccccn1.Cl.Cl. The molecule has 172 valence electrons. The van der Waals surface area contributed by atoms with Gasteiger partial charge in [-0.15, -0.1) is 24.8 Å². The number of halogens is 4. The first kappa shape index (κ1) is 28.0. The normalized spacial score (nSPS) is 15.6. The van der Waals surface area contributed by atoms with Gasteiger partial charge in [0, 0.05) is 51.5 Å². The van der Waals surface area contributed by atoms with Crippen molar-refractivity contribution in [3.63, 3.8) is 0 Å². The van der Waals surface area contributed by atoms with Gasteiger partial charge in [0.05, 0.1) is 10.0 Å². The number of piperazine rings is 1. The van der Waals surface area contributed by atoms with Crippen molar-refractivity contribution in [2.45, 2.75) is 26.4 Å². The lowest BCUT2D eigenvalue weighted by Crippen LogP contribution is -2.52. The van der Waals surface area contributed by atoms with Crippen molar-refractivity contribution >= 4 is 53.9 Å². The van der Waals surface area contributed by atoms with Crippen molar-refractivity contribution in [1.29, 1.82) is 0 Å². The Bertz CT molecular complexity index is 814. The first-order valence-corrected chi connectivity index (χ1v) is 10.8. The van der Waals surface area contributed by atoms with Gasteiger partial charge in [-0.1, -0.05) is 49.2 Å². The average molecular weight is 508 g/mol. The fourth-order valence-electron chi connectivity index (χ4n) is 3.47. The van der Waals surface area contributed by atoms with Crippen LogP contribution in [0.15, 0.2) is 42.6 Å². The molecule has 1 aromatic heterocycles. The number of rotatable bonds is 7. The van der Waals surface area contributed by atoms with Gasteiger partial charge in [-0.2, -0.15) is 0 Å². The van der Waals surface area contributed by atoms with E-state index in [1.807, 2.05) is 30.3 Å². The highest BCUT2D eigenvalue weighted by Crippen LogP contribution is 2.23. The van der Waals surface area contributed by atoms with E-state index < -0.39 is 0 Å². The molecule has 1 unspecified atom stereocenters. The zero-order valence-electron chi connectivity index (χ0n) is 17.8. The van der Waals surface area contributed by atoms with E-state index >= 15 is 0 Å². The van der Waals surface area contributed by atoms with Crippen LogP contribution in [-0.2, 0) is 6.54 Å². The van der Waals surface area contributed by atoms with Gasteiger partial charge in [0.2, 0.25) is 0 Å². The van der Waals surface area contributed by atoms with E-state index in [0.717, 1.165) is 39.3 Å². The molecule has 1 amide bonds. The predicted molar refractivity (Wildman–Crippen MR) is 133 cm³/mol. The predicted octanol–water partition coefficient (Wildman–Crippen LogP) is 4.80. The van der Waals surface area contributed by atoms with Crippen molar-refractivity contribution in [3.05, 3.63) is 63.9 Å². The molecule has 1 aromatic carbocycles. The molecule has 2 aromatic rings. The van der Waals surface area contributed by atoms with Crippen LogP contribution in [0.1, 0.15) is 29.9 Å². The van der Waals surface area contributed by atoms with E-state index in [0.29, 0.717) is 21.7 Å². The van der Waals surface area contributed by atoms with E-state index in [2.05, 4.69) is 33.9 Å². The summed E-state index contributed by atoms with van der Waals surface area (Å²) in [6.07, 6.45) is 1.65. The molecule has 9 heteroatoms.